The van der Waals surface area contributed by atoms with E-state index in [1.54, 1.807) is 0 Å². The van der Waals surface area contributed by atoms with Crippen LogP contribution in [0.2, 0.25) is 0 Å². The van der Waals surface area contributed by atoms with E-state index < -0.39 is 11.9 Å². The molecule has 2 fully saturated rings. The molecule has 0 aliphatic heterocycles. The lowest BCUT2D eigenvalue weighted by Gasteiger charge is -2.41. The fourth-order valence-corrected chi connectivity index (χ4v) is 3.31. The second-order valence-electron chi connectivity index (χ2n) is 5.91. The summed E-state index contributed by atoms with van der Waals surface area (Å²) in [6.45, 7) is 2.89. The Morgan fingerprint density at radius 2 is 1.89 bits per heavy atom. The molecule has 0 radical (unpaired) electrons. The molecular formula is C14H23NO3. The smallest absolute Gasteiger partial charge is 0.307 e. The molecule has 2 aliphatic rings. The van der Waals surface area contributed by atoms with Crippen molar-refractivity contribution in [2.24, 2.45) is 17.3 Å². The van der Waals surface area contributed by atoms with Crippen LogP contribution in [0.5, 0.6) is 0 Å². The summed E-state index contributed by atoms with van der Waals surface area (Å²) in [7, 11) is 0. The summed E-state index contributed by atoms with van der Waals surface area (Å²) < 4.78 is 0. The number of carboxylic acid groups (broad SMARTS) is 1. The van der Waals surface area contributed by atoms with Gasteiger partial charge in [-0.15, -0.1) is 0 Å². The van der Waals surface area contributed by atoms with Crippen molar-refractivity contribution in [1.29, 1.82) is 0 Å². The zero-order valence-electron chi connectivity index (χ0n) is 11.1. The molecule has 2 aliphatic carbocycles. The van der Waals surface area contributed by atoms with Gasteiger partial charge >= 0.3 is 5.97 Å². The first-order valence-electron chi connectivity index (χ1n) is 7.08. The Morgan fingerprint density at radius 3 is 2.39 bits per heavy atom. The fraction of sp³-hybridized carbons (Fsp3) is 0.857. The molecule has 1 amide bonds. The van der Waals surface area contributed by atoms with Crippen LogP contribution in [0.1, 0.15) is 51.9 Å². The molecule has 2 N–H and O–H groups in total. The summed E-state index contributed by atoms with van der Waals surface area (Å²) in [4.78, 5) is 23.1. The normalized spacial score (nSPS) is 29.6. The van der Waals surface area contributed by atoms with Crippen LogP contribution in [0.15, 0.2) is 0 Å². The zero-order valence-corrected chi connectivity index (χ0v) is 11.1. The van der Waals surface area contributed by atoms with Gasteiger partial charge in [-0.3, -0.25) is 9.59 Å². The molecule has 0 saturated heterocycles. The molecule has 0 bridgehead atoms. The summed E-state index contributed by atoms with van der Waals surface area (Å²) in [5.41, 5.74) is 0.299. The fourth-order valence-electron chi connectivity index (χ4n) is 3.31. The Kier molecular flexibility index (Phi) is 3.93. The van der Waals surface area contributed by atoms with Gasteiger partial charge in [0.15, 0.2) is 0 Å². The van der Waals surface area contributed by atoms with Crippen LogP contribution < -0.4 is 5.32 Å². The standard InChI is InChI=1S/C14H23NO3/c1-2-14(7-4-8-14)9-15-12(16)10-5-3-6-11(10)13(17)18/h10-11H,2-9H2,1H3,(H,15,16)(H,17,18)/t10-,11+/m1/s1. The molecular weight excluding hydrogens is 230 g/mol. The highest BCUT2D eigenvalue weighted by Crippen LogP contribution is 2.43. The van der Waals surface area contributed by atoms with E-state index in [2.05, 4.69) is 12.2 Å². The molecule has 2 rings (SSSR count). The number of carboxylic acids is 1. The Hall–Kier alpha value is -1.06. The van der Waals surface area contributed by atoms with Crippen LogP contribution in [0, 0.1) is 17.3 Å². The topological polar surface area (TPSA) is 66.4 Å². The van der Waals surface area contributed by atoms with Crippen LogP contribution >= 0.6 is 0 Å². The Labute approximate surface area is 108 Å². The van der Waals surface area contributed by atoms with Gasteiger partial charge in [-0.25, -0.2) is 0 Å². The van der Waals surface area contributed by atoms with Crippen molar-refractivity contribution in [3.05, 3.63) is 0 Å². The van der Waals surface area contributed by atoms with Crippen LogP contribution in [0.3, 0.4) is 0 Å². The number of aliphatic carboxylic acids is 1. The van der Waals surface area contributed by atoms with Crippen molar-refractivity contribution in [3.8, 4) is 0 Å². The SMILES string of the molecule is CCC1(CNC(=O)[C@@H]2CCC[C@@H]2C(=O)O)CCC1. The van der Waals surface area contributed by atoms with Crippen molar-refractivity contribution in [2.75, 3.05) is 6.54 Å². The van der Waals surface area contributed by atoms with Crippen LogP contribution in [0.4, 0.5) is 0 Å². The van der Waals surface area contributed by atoms with Gasteiger partial charge in [0.1, 0.15) is 0 Å². The number of nitrogens with one attached hydrogen (secondary N) is 1. The number of amides is 1. The first kappa shape index (κ1) is 13.4. The number of hydrogen-bond donors (Lipinski definition) is 2. The molecule has 0 spiro atoms. The van der Waals surface area contributed by atoms with Crippen LogP contribution in [0.25, 0.3) is 0 Å². The molecule has 0 unspecified atom stereocenters. The highest BCUT2D eigenvalue weighted by molar-refractivity contribution is 5.85. The van der Waals surface area contributed by atoms with Crippen molar-refractivity contribution in [3.63, 3.8) is 0 Å². The van der Waals surface area contributed by atoms with Crippen LogP contribution in [-0.4, -0.2) is 23.5 Å². The highest BCUT2D eigenvalue weighted by Gasteiger charge is 2.40. The molecule has 0 aromatic heterocycles. The Morgan fingerprint density at radius 1 is 1.22 bits per heavy atom. The highest BCUT2D eigenvalue weighted by atomic mass is 16.4. The monoisotopic (exact) mass is 253 g/mol. The van der Waals surface area contributed by atoms with Gasteiger partial charge in [0.2, 0.25) is 5.91 Å². The van der Waals surface area contributed by atoms with E-state index in [4.69, 9.17) is 5.11 Å². The van der Waals surface area contributed by atoms with Gasteiger partial charge < -0.3 is 10.4 Å². The number of rotatable bonds is 5. The van der Waals surface area contributed by atoms with E-state index in [1.807, 2.05) is 0 Å². The van der Waals surface area contributed by atoms with E-state index in [0.717, 1.165) is 25.8 Å². The molecule has 0 aromatic rings. The van der Waals surface area contributed by atoms with Crippen LogP contribution in [-0.2, 0) is 9.59 Å². The van der Waals surface area contributed by atoms with Gasteiger partial charge in [-0.05, 0) is 37.5 Å². The molecule has 0 heterocycles. The molecule has 2 atom stereocenters. The second kappa shape index (κ2) is 5.29. The summed E-state index contributed by atoms with van der Waals surface area (Å²) in [5, 5.41) is 12.1. The van der Waals surface area contributed by atoms with E-state index in [1.165, 1.54) is 19.3 Å². The van der Waals surface area contributed by atoms with E-state index >= 15 is 0 Å². The van der Waals surface area contributed by atoms with E-state index in [9.17, 15) is 9.59 Å². The van der Waals surface area contributed by atoms with Gasteiger partial charge in [0.05, 0.1) is 11.8 Å². The van der Waals surface area contributed by atoms with Crippen molar-refractivity contribution < 1.29 is 14.7 Å². The first-order valence-corrected chi connectivity index (χ1v) is 7.08. The third-order valence-corrected chi connectivity index (χ3v) is 4.97. The largest absolute Gasteiger partial charge is 0.481 e. The first-order chi connectivity index (χ1) is 8.58. The second-order valence-corrected chi connectivity index (χ2v) is 5.91. The molecule has 102 valence electrons. The maximum Gasteiger partial charge on any atom is 0.307 e. The quantitative estimate of drug-likeness (QED) is 0.789. The lowest BCUT2D eigenvalue weighted by atomic mass is 9.67. The minimum atomic E-state index is -0.818. The number of carbonyl (C=O) groups excluding carboxylic acids is 1. The number of hydrogen-bond acceptors (Lipinski definition) is 2. The molecule has 2 saturated carbocycles. The molecule has 18 heavy (non-hydrogen) atoms. The van der Waals surface area contributed by atoms with Crippen molar-refractivity contribution in [1.82, 2.24) is 5.32 Å². The predicted octanol–water partition coefficient (Wildman–Crippen LogP) is 2.18. The molecule has 4 nitrogen and oxygen atoms in total. The van der Waals surface area contributed by atoms with Gasteiger partial charge in [-0.1, -0.05) is 19.8 Å². The van der Waals surface area contributed by atoms with E-state index in [-0.39, 0.29) is 11.8 Å². The minimum absolute atomic E-state index is 0.0420. The average Bonchev–Trinajstić information content (AvgIpc) is 2.76. The molecule has 0 aromatic carbocycles. The maximum absolute atomic E-state index is 12.1. The maximum atomic E-state index is 12.1. The predicted molar refractivity (Wildman–Crippen MR) is 68.1 cm³/mol. The summed E-state index contributed by atoms with van der Waals surface area (Å²) in [6.07, 6.45) is 6.96. The average molecular weight is 253 g/mol. The lowest BCUT2D eigenvalue weighted by Crippen LogP contribution is -2.44. The van der Waals surface area contributed by atoms with E-state index in [0.29, 0.717) is 11.8 Å². The zero-order chi connectivity index (χ0) is 13.2. The summed E-state index contributed by atoms with van der Waals surface area (Å²) in [6, 6.07) is 0. The lowest BCUT2D eigenvalue weighted by molar-refractivity contribution is -0.146. The minimum Gasteiger partial charge on any atom is -0.481 e. The van der Waals surface area contributed by atoms with Crippen molar-refractivity contribution in [2.45, 2.75) is 51.9 Å². The summed E-state index contributed by atoms with van der Waals surface area (Å²) in [5.74, 6) is -1.64. The van der Waals surface area contributed by atoms with Gasteiger partial charge in [0.25, 0.3) is 0 Å². The Bertz CT molecular complexity index is 330. The number of carbonyl (C=O) groups is 2. The third kappa shape index (κ3) is 2.52. The Balaban J connectivity index is 1.86. The molecule has 4 heteroatoms. The van der Waals surface area contributed by atoms with Crippen molar-refractivity contribution >= 4 is 11.9 Å². The third-order valence-electron chi connectivity index (χ3n) is 4.97. The van der Waals surface area contributed by atoms with Gasteiger partial charge in [-0.2, -0.15) is 0 Å². The summed E-state index contributed by atoms with van der Waals surface area (Å²) >= 11 is 0. The van der Waals surface area contributed by atoms with Gasteiger partial charge in [0, 0.05) is 6.54 Å².